The minimum atomic E-state index is -0.754. The molecular weight excluding hydrogens is 328 g/mol. The van der Waals surface area contributed by atoms with Gasteiger partial charge in [-0.15, -0.1) is 0 Å². The molecule has 0 aromatic rings. The number of hydrogen-bond donors (Lipinski definition) is 3. The molecule has 0 heterocycles. The third kappa shape index (κ3) is 8.05. The summed E-state index contributed by atoms with van der Waals surface area (Å²) in [5, 5.41) is 29.4. The van der Waals surface area contributed by atoms with Gasteiger partial charge in [0.25, 0.3) is 0 Å². The van der Waals surface area contributed by atoms with Crippen molar-refractivity contribution in [2.75, 3.05) is 0 Å². The van der Waals surface area contributed by atoms with Crippen LogP contribution in [0, 0.1) is 17.3 Å². The van der Waals surface area contributed by atoms with Crippen molar-refractivity contribution >= 4 is 5.97 Å². The third-order valence-electron chi connectivity index (χ3n) is 5.69. The largest absolute Gasteiger partial charge is 0.481 e. The summed E-state index contributed by atoms with van der Waals surface area (Å²) in [6.07, 6.45) is 14.8. The maximum Gasteiger partial charge on any atom is 0.303 e. The Balaban J connectivity index is 2.51. The Hall–Kier alpha value is -1.13. The van der Waals surface area contributed by atoms with Gasteiger partial charge in [0.2, 0.25) is 0 Å². The van der Waals surface area contributed by atoms with Crippen LogP contribution in [0.1, 0.15) is 78.6 Å². The molecule has 0 radical (unpaired) electrons. The highest BCUT2D eigenvalue weighted by atomic mass is 16.4. The van der Waals surface area contributed by atoms with Crippen LogP contribution < -0.4 is 0 Å². The Morgan fingerprint density at radius 1 is 1.23 bits per heavy atom. The minimum Gasteiger partial charge on any atom is -0.481 e. The summed E-state index contributed by atoms with van der Waals surface area (Å²) in [5.74, 6) is -0.270. The molecule has 4 heteroatoms. The molecule has 150 valence electrons. The highest BCUT2D eigenvalue weighted by molar-refractivity contribution is 5.66. The van der Waals surface area contributed by atoms with Gasteiger partial charge in [0, 0.05) is 6.42 Å². The van der Waals surface area contributed by atoms with Crippen LogP contribution in [0.4, 0.5) is 0 Å². The fourth-order valence-corrected chi connectivity index (χ4v) is 3.68. The lowest BCUT2D eigenvalue weighted by molar-refractivity contribution is -0.137. The van der Waals surface area contributed by atoms with Crippen LogP contribution in [0.3, 0.4) is 0 Å². The van der Waals surface area contributed by atoms with E-state index in [4.69, 9.17) is 5.11 Å². The summed E-state index contributed by atoms with van der Waals surface area (Å²) < 4.78 is 0. The second-order valence-electron chi connectivity index (χ2n) is 8.39. The molecule has 0 aliphatic heterocycles. The summed E-state index contributed by atoms with van der Waals surface area (Å²) in [6, 6.07) is 0. The molecule has 0 aromatic carbocycles. The predicted molar refractivity (Wildman–Crippen MR) is 106 cm³/mol. The number of aliphatic carboxylic acids is 1. The third-order valence-corrected chi connectivity index (χ3v) is 5.69. The second-order valence-corrected chi connectivity index (χ2v) is 8.39. The van der Waals surface area contributed by atoms with Gasteiger partial charge in [-0.1, -0.05) is 57.9 Å². The van der Waals surface area contributed by atoms with Crippen LogP contribution in [0.2, 0.25) is 0 Å². The second kappa shape index (κ2) is 11.6. The Morgan fingerprint density at radius 2 is 1.96 bits per heavy atom. The van der Waals surface area contributed by atoms with Crippen molar-refractivity contribution in [3.05, 3.63) is 24.3 Å². The molecule has 26 heavy (non-hydrogen) atoms. The standard InChI is InChI=1S/C22H38O4/c1-4-5-16-22(2,3)20(24)15-13-17-12-14-19(23)18(17)10-8-6-7-9-11-21(25)26/h6,8,13,15,17-20,23-24H,4-5,7,9-12,14,16H2,1-3H3,(H,25,26)/b8-6-,15-13+/t17?,18?,19-,20?/m0/s1. The van der Waals surface area contributed by atoms with Crippen molar-refractivity contribution < 1.29 is 20.1 Å². The van der Waals surface area contributed by atoms with Crippen molar-refractivity contribution in [3.63, 3.8) is 0 Å². The van der Waals surface area contributed by atoms with Crippen LogP contribution in [0.25, 0.3) is 0 Å². The summed E-state index contributed by atoms with van der Waals surface area (Å²) in [7, 11) is 0. The zero-order valence-electron chi connectivity index (χ0n) is 16.7. The van der Waals surface area contributed by atoms with Gasteiger partial charge in [-0.3, -0.25) is 4.79 Å². The number of carboxylic acids is 1. The van der Waals surface area contributed by atoms with E-state index in [0.29, 0.717) is 12.3 Å². The molecule has 3 N–H and O–H groups in total. The van der Waals surface area contributed by atoms with Crippen molar-refractivity contribution in [3.8, 4) is 0 Å². The SMILES string of the molecule is CCCCC(C)(C)C(O)/C=C/C1CC[C@H](O)C1C/C=C\CCCC(=O)O. The molecule has 4 nitrogen and oxygen atoms in total. The number of carboxylic acid groups (broad SMARTS) is 1. The van der Waals surface area contributed by atoms with E-state index in [2.05, 4.69) is 32.9 Å². The van der Waals surface area contributed by atoms with Crippen LogP contribution >= 0.6 is 0 Å². The Bertz CT molecular complexity index is 467. The molecule has 0 aromatic heterocycles. The molecule has 1 fully saturated rings. The van der Waals surface area contributed by atoms with E-state index in [1.807, 2.05) is 12.2 Å². The zero-order valence-corrected chi connectivity index (χ0v) is 16.7. The van der Waals surface area contributed by atoms with Crippen LogP contribution in [0.5, 0.6) is 0 Å². The lowest BCUT2D eigenvalue weighted by atomic mass is 9.80. The molecule has 1 aliphatic rings. The number of unbranched alkanes of at least 4 members (excludes halogenated alkanes) is 2. The maximum atomic E-state index is 10.5. The molecule has 1 aliphatic carbocycles. The molecule has 3 unspecified atom stereocenters. The molecule has 0 spiro atoms. The predicted octanol–water partition coefficient (Wildman–Crippen LogP) is 4.71. The molecule has 0 amide bonds. The first kappa shape index (κ1) is 22.9. The number of hydrogen-bond acceptors (Lipinski definition) is 3. The topological polar surface area (TPSA) is 77.8 Å². The molecule has 1 rings (SSSR count). The fourth-order valence-electron chi connectivity index (χ4n) is 3.68. The van der Waals surface area contributed by atoms with Gasteiger partial charge >= 0.3 is 5.97 Å². The monoisotopic (exact) mass is 366 g/mol. The van der Waals surface area contributed by atoms with Gasteiger partial charge in [0.15, 0.2) is 0 Å². The zero-order chi connectivity index (χ0) is 19.6. The Labute approximate surface area is 159 Å². The van der Waals surface area contributed by atoms with Crippen LogP contribution in [-0.4, -0.2) is 33.5 Å². The molecule has 0 saturated heterocycles. The van der Waals surface area contributed by atoms with Gasteiger partial charge in [-0.25, -0.2) is 0 Å². The van der Waals surface area contributed by atoms with Crippen LogP contribution in [-0.2, 0) is 4.79 Å². The van der Waals surface area contributed by atoms with Crippen molar-refractivity contribution in [1.82, 2.24) is 0 Å². The Morgan fingerprint density at radius 3 is 2.62 bits per heavy atom. The summed E-state index contributed by atoms with van der Waals surface area (Å²) in [6.45, 7) is 6.38. The summed E-state index contributed by atoms with van der Waals surface area (Å²) in [4.78, 5) is 10.5. The van der Waals surface area contributed by atoms with Gasteiger partial charge in [0.1, 0.15) is 0 Å². The highest BCUT2D eigenvalue weighted by Gasteiger charge is 2.33. The van der Waals surface area contributed by atoms with E-state index in [-0.39, 0.29) is 23.9 Å². The highest BCUT2D eigenvalue weighted by Crippen LogP contribution is 2.37. The molecule has 4 atom stereocenters. The fraction of sp³-hybridized carbons (Fsp3) is 0.773. The van der Waals surface area contributed by atoms with Crippen molar-refractivity contribution in [2.45, 2.75) is 90.8 Å². The lowest BCUT2D eigenvalue weighted by Crippen LogP contribution is -2.27. The molecule has 1 saturated carbocycles. The van der Waals surface area contributed by atoms with Crippen molar-refractivity contribution in [1.29, 1.82) is 0 Å². The number of rotatable bonds is 12. The van der Waals surface area contributed by atoms with Crippen LogP contribution in [0.15, 0.2) is 24.3 Å². The van der Waals surface area contributed by atoms with E-state index in [0.717, 1.165) is 44.9 Å². The average molecular weight is 367 g/mol. The number of aliphatic hydroxyl groups excluding tert-OH is 2. The quantitative estimate of drug-likeness (QED) is 0.345. The van der Waals surface area contributed by atoms with E-state index >= 15 is 0 Å². The maximum absolute atomic E-state index is 10.5. The van der Waals surface area contributed by atoms with Gasteiger partial charge in [0.05, 0.1) is 12.2 Å². The van der Waals surface area contributed by atoms with E-state index < -0.39 is 12.1 Å². The van der Waals surface area contributed by atoms with Gasteiger partial charge < -0.3 is 15.3 Å². The number of allylic oxidation sites excluding steroid dienone is 3. The first-order valence-corrected chi connectivity index (χ1v) is 10.2. The van der Waals surface area contributed by atoms with Gasteiger partial charge in [-0.05, 0) is 55.8 Å². The van der Waals surface area contributed by atoms with Gasteiger partial charge in [-0.2, -0.15) is 0 Å². The normalized spacial score (nSPS) is 25.3. The minimum absolute atomic E-state index is 0.122. The smallest absolute Gasteiger partial charge is 0.303 e. The van der Waals surface area contributed by atoms with Crippen molar-refractivity contribution in [2.24, 2.45) is 17.3 Å². The van der Waals surface area contributed by atoms with E-state index in [1.165, 1.54) is 0 Å². The Kier molecular flexibility index (Phi) is 10.2. The van der Waals surface area contributed by atoms with E-state index in [9.17, 15) is 15.0 Å². The number of carbonyl (C=O) groups is 1. The molecule has 0 bridgehead atoms. The lowest BCUT2D eigenvalue weighted by Gasteiger charge is -2.29. The number of aliphatic hydroxyl groups is 2. The first-order valence-electron chi connectivity index (χ1n) is 10.2. The summed E-state index contributed by atoms with van der Waals surface area (Å²) in [5.41, 5.74) is -0.122. The molecular formula is C22H38O4. The van der Waals surface area contributed by atoms with E-state index in [1.54, 1.807) is 0 Å². The average Bonchev–Trinajstić information content (AvgIpc) is 2.93. The first-order chi connectivity index (χ1) is 12.3. The summed E-state index contributed by atoms with van der Waals surface area (Å²) >= 11 is 0.